The maximum atomic E-state index is 13.3. The Bertz CT molecular complexity index is 1010. The highest BCUT2D eigenvalue weighted by molar-refractivity contribution is 5.80. The third-order valence-electron chi connectivity index (χ3n) is 5.62. The van der Waals surface area contributed by atoms with Crippen molar-refractivity contribution in [2.75, 3.05) is 6.54 Å². The van der Waals surface area contributed by atoms with E-state index in [4.69, 9.17) is 0 Å². The van der Waals surface area contributed by atoms with Crippen LogP contribution in [0, 0.1) is 0 Å². The first kappa shape index (κ1) is 18.4. The summed E-state index contributed by atoms with van der Waals surface area (Å²) in [6.07, 6.45) is 6.56. The van der Waals surface area contributed by atoms with E-state index >= 15 is 0 Å². The number of carbonyl (C=O) groups excluding carboxylic acids is 1. The van der Waals surface area contributed by atoms with Crippen molar-refractivity contribution < 1.29 is 4.79 Å². The van der Waals surface area contributed by atoms with Crippen LogP contribution in [0.4, 0.5) is 0 Å². The summed E-state index contributed by atoms with van der Waals surface area (Å²) in [7, 11) is 0. The van der Waals surface area contributed by atoms with Gasteiger partial charge in [0.1, 0.15) is 6.54 Å². The molecule has 1 saturated carbocycles. The molecule has 28 heavy (non-hydrogen) atoms. The zero-order valence-corrected chi connectivity index (χ0v) is 16.0. The number of hydrogen-bond acceptors (Lipinski definition) is 3. The second-order valence-corrected chi connectivity index (χ2v) is 7.43. The fourth-order valence-electron chi connectivity index (χ4n) is 4.12. The Morgan fingerprint density at radius 1 is 1.04 bits per heavy atom. The van der Waals surface area contributed by atoms with Crippen LogP contribution in [0.5, 0.6) is 0 Å². The van der Waals surface area contributed by atoms with Crippen LogP contribution in [0.25, 0.3) is 11.0 Å². The first-order chi connectivity index (χ1) is 13.7. The molecular weight excluding hydrogens is 350 g/mol. The molecule has 4 rings (SSSR count). The van der Waals surface area contributed by atoms with E-state index in [1.807, 2.05) is 47.4 Å². The number of nitrogens with zero attached hydrogens (tertiary/aromatic N) is 3. The molecule has 0 aliphatic heterocycles. The molecule has 0 bridgehead atoms. The van der Waals surface area contributed by atoms with Crippen LogP contribution in [-0.4, -0.2) is 32.9 Å². The van der Waals surface area contributed by atoms with Crippen molar-refractivity contribution in [1.82, 2.24) is 14.5 Å². The monoisotopic (exact) mass is 375 g/mol. The van der Waals surface area contributed by atoms with Crippen LogP contribution in [0.2, 0.25) is 0 Å². The van der Waals surface area contributed by atoms with Gasteiger partial charge in [-0.25, -0.2) is 4.98 Å². The van der Waals surface area contributed by atoms with Gasteiger partial charge in [-0.05, 0) is 37.0 Å². The Kier molecular flexibility index (Phi) is 5.51. The van der Waals surface area contributed by atoms with Crippen LogP contribution >= 0.6 is 0 Å². The molecule has 0 spiro atoms. The molecule has 1 amide bonds. The predicted octanol–water partition coefficient (Wildman–Crippen LogP) is 3.41. The highest BCUT2D eigenvalue weighted by Crippen LogP contribution is 2.24. The lowest BCUT2D eigenvalue weighted by Gasteiger charge is -2.29. The van der Waals surface area contributed by atoms with Crippen LogP contribution in [0.1, 0.15) is 31.2 Å². The molecular formula is C23H25N3O2. The summed E-state index contributed by atoms with van der Waals surface area (Å²) in [6, 6.07) is 18.0. The largest absolute Gasteiger partial charge is 0.338 e. The van der Waals surface area contributed by atoms with Crippen molar-refractivity contribution in [3.8, 4) is 0 Å². The molecule has 0 saturated heterocycles. The van der Waals surface area contributed by atoms with Gasteiger partial charge in [0.25, 0.3) is 5.56 Å². The molecule has 1 heterocycles. The van der Waals surface area contributed by atoms with Gasteiger partial charge in [-0.2, -0.15) is 0 Å². The smallest absolute Gasteiger partial charge is 0.269 e. The van der Waals surface area contributed by atoms with Gasteiger partial charge in [-0.3, -0.25) is 14.2 Å². The average molecular weight is 375 g/mol. The summed E-state index contributed by atoms with van der Waals surface area (Å²) in [5, 5.41) is 0. The summed E-state index contributed by atoms with van der Waals surface area (Å²) in [4.78, 5) is 31.9. The Labute approximate surface area is 164 Å². The van der Waals surface area contributed by atoms with Crippen molar-refractivity contribution in [2.45, 2.75) is 44.7 Å². The van der Waals surface area contributed by atoms with Gasteiger partial charge < -0.3 is 4.90 Å². The third-order valence-corrected chi connectivity index (χ3v) is 5.62. The predicted molar refractivity (Wildman–Crippen MR) is 110 cm³/mol. The Morgan fingerprint density at radius 3 is 2.54 bits per heavy atom. The highest BCUT2D eigenvalue weighted by atomic mass is 16.2. The molecule has 1 aromatic heterocycles. The number of aromatic nitrogens is 2. The SMILES string of the molecule is O=C(Cn1c(=O)cnc2ccccc21)N(CCc1ccccc1)C1CCCC1. The lowest BCUT2D eigenvalue weighted by Crippen LogP contribution is -2.43. The summed E-state index contributed by atoms with van der Waals surface area (Å²) in [5.41, 5.74) is 2.43. The Morgan fingerprint density at radius 2 is 1.75 bits per heavy atom. The molecule has 2 aromatic carbocycles. The third kappa shape index (κ3) is 3.98. The van der Waals surface area contributed by atoms with E-state index < -0.39 is 0 Å². The fourth-order valence-corrected chi connectivity index (χ4v) is 4.12. The summed E-state index contributed by atoms with van der Waals surface area (Å²) < 4.78 is 1.55. The number of hydrogen-bond donors (Lipinski definition) is 0. The van der Waals surface area contributed by atoms with E-state index in [0.29, 0.717) is 12.1 Å². The van der Waals surface area contributed by atoms with Crippen LogP contribution in [-0.2, 0) is 17.8 Å². The van der Waals surface area contributed by atoms with E-state index in [9.17, 15) is 9.59 Å². The van der Waals surface area contributed by atoms with E-state index in [1.165, 1.54) is 11.8 Å². The molecule has 0 N–H and O–H groups in total. The number of fused-ring (bicyclic) bond motifs is 1. The van der Waals surface area contributed by atoms with Crippen molar-refractivity contribution in [3.05, 3.63) is 76.7 Å². The number of carbonyl (C=O) groups is 1. The molecule has 3 aromatic rings. The highest BCUT2D eigenvalue weighted by Gasteiger charge is 2.27. The standard InChI is InChI=1S/C23H25N3O2/c27-22-16-24-20-12-6-7-13-21(20)26(22)17-23(28)25(19-10-4-5-11-19)15-14-18-8-2-1-3-9-18/h1-3,6-9,12-13,16,19H,4-5,10-11,14-15,17H2. The minimum atomic E-state index is -0.235. The van der Waals surface area contributed by atoms with Gasteiger partial charge in [0.15, 0.2) is 0 Å². The van der Waals surface area contributed by atoms with Gasteiger partial charge in [0, 0.05) is 12.6 Å². The molecule has 5 nitrogen and oxygen atoms in total. The van der Waals surface area contributed by atoms with Gasteiger partial charge >= 0.3 is 0 Å². The van der Waals surface area contributed by atoms with Crippen molar-refractivity contribution >= 4 is 16.9 Å². The lowest BCUT2D eigenvalue weighted by molar-refractivity contribution is -0.134. The van der Waals surface area contributed by atoms with Gasteiger partial charge in [0.2, 0.25) is 5.91 Å². The zero-order chi connectivity index (χ0) is 19.3. The van der Waals surface area contributed by atoms with Crippen LogP contribution in [0.3, 0.4) is 0 Å². The fraction of sp³-hybridized carbons (Fsp3) is 0.348. The summed E-state index contributed by atoms with van der Waals surface area (Å²) in [6.45, 7) is 0.748. The maximum absolute atomic E-state index is 13.3. The van der Waals surface area contributed by atoms with E-state index in [2.05, 4.69) is 17.1 Å². The molecule has 1 aliphatic carbocycles. The van der Waals surface area contributed by atoms with E-state index in [0.717, 1.165) is 37.6 Å². The molecule has 5 heteroatoms. The van der Waals surface area contributed by atoms with Crippen LogP contribution < -0.4 is 5.56 Å². The number of benzene rings is 2. The molecule has 0 atom stereocenters. The topological polar surface area (TPSA) is 55.2 Å². The minimum Gasteiger partial charge on any atom is -0.338 e. The van der Waals surface area contributed by atoms with Gasteiger partial charge in [-0.1, -0.05) is 55.3 Å². The van der Waals surface area contributed by atoms with Crippen molar-refractivity contribution in [3.63, 3.8) is 0 Å². The number of rotatable bonds is 6. The molecule has 144 valence electrons. The van der Waals surface area contributed by atoms with E-state index in [-0.39, 0.29) is 24.1 Å². The first-order valence-electron chi connectivity index (χ1n) is 10.0. The van der Waals surface area contributed by atoms with Gasteiger partial charge in [-0.15, -0.1) is 0 Å². The molecule has 0 radical (unpaired) electrons. The molecule has 1 aliphatic rings. The quantitative estimate of drug-likeness (QED) is 0.663. The molecule has 1 fully saturated rings. The van der Waals surface area contributed by atoms with E-state index in [1.54, 1.807) is 4.57 Å². The van der Waals surface area contributed by atoms with Crippen LogP contribution in [0.15, 0.2) is 65.6 Å². The normalized spacial score (nSPS) is 14.4. The number of amides is 1. The maximum Gasteiger partial charge on any atom is 0.269 e. The average Bonchev–Trinajstić information content (AvgIpc) is 3.25. The second-order valence-electron chi connectivity index (χ2n) is 7.43. The van der Waals surface area contributed by atoms with Crippen molar-refractivity contribution in [1.29, 1.82) is 0 Å². The van der Waals surface area contributed by atoms with Gasteiger partial charge in [0.05, 0.1) is 17.2 Å². The Balaban J connectivity index is 1.57. The number of para-hydroxylation sites is 2. The van der Waals surface area contributed by atoms with Crippen molar-refractivity contribution in [2.24, 2.45) is 0 Å². The molecule has 0 unspecified atom stereocenters. The summed E-state index contributed by atoms with van der Waals surface area (Å²) in [5.74, 6) is 0.0151. The minimum absolute atomic E-state index is 0.0151. The lowest BCUT2D eigenvalue weighted by atomic mass is 10.1. The summed E-state index contributed by atoms with van der Waals surface area (Å²) >= 11 is 0. The Hall–Kier alpha value is -2.95. The second kappa shape index (κ2) is 8.38. The zero-order valence-electron chi connectivity index (χ0n) is 16.0. The first-order valence-corrected chi connectivity index (χ1v) is 10.0.